The highest BCUT2D eigenvalue weighted by atomic mass is 35.5. The SMILES string of the molecule is CNCCCC1(c2ccc(Cl)cc2)OC(C)(C)c2ccccc21. The van der Waals surface area contributed by atoms with E-state index in [0.29, 0.717) is 0 Å². The minimum Gasteiger partial charge on any atom is -0.355 e. The molecule has 122 valence electrons. The predicted molar refractivity (Wildman–Crippen MR) is 95.9 cm³/mol. The minimum atomic E-state index is -0.401. The summed E-state index contributed by atoms with van der Waals surface area (Å²) in [4.78, 5) is 0. The molecule has 2 nitrogen and oxygen atoms in total. The molecule has 2 aromatic rings. The summed E-state index contributed by atoms with van der Waals surface area (Å²) in [5.41, 5.74) is 3.04. The van der Waals surface area contributed by atoms with Crippen LogP contribution in [0.2, 0.25) is 5.02 Å². The Morgan fingerprint density at radius 2 is 1.65 bits per heavy atom. The van der Waals surface area contributed by atoms with Crippen molar-refractivity contribution >= 4 is 11.6 Å². The zero-order valence-corrected chi connectivity index (χ0v) is 14.8. The lowest BCUT2D eigenvalue weighted by molar-refractivity contribution is -0.107. The number of hydrogen-bond donors (Lipinski definition) is 1. The third-order valence-electron chi connectivity index (χ3n) is 4.71. The molecule has 1 heterocycles. The first-order chi connectivity index (χ1) is 11.0. The smallest absolute Gasteiger partial charge is 0.120 e. The standard InChI is InChI=1S/C20H24ClNO/c1-19(2)17-7-4-5-8-18(17)20(23-19,13-6-14-22-3)15-9-11-16(21)12-10-15/h4-5,7-12,22H,6,13-14H2,1-3H3. The van der Waals surface area contributed by atoms with Gasteiger partial charge in [0.2, 0.25) is 0 Å². The van der Waals surface area contributed by atoms with Gasteiger partial charge < -0.3 is 10.1 Å². The molecule has 0 radical (unpaired) electrons. The summed E-state index contributed by atoms with van der Waals surface area (Å²) in [5.74, 6) is 0. The average molecular weight is 330 g/mol. The first-order valence-corrected chi connectivity index (χ1v) is 8.58. The third-order valence-corrected chi connectivity index (χ3v) is 4.96. The fourth-order valence-electron chi connectivity index (χ4n) is 3.68. The maximum Gasteiger partial charge on any atom is 0.120 e. The van der Waals surface area contributed by atoms with E-state index in [9.17, 15) is 0 Å². The lowest BCUT2D eigenvalue weighted by Crippen LogP contribution is -2.31. The van der Waals surface area contributed by atoms with Crippen molar-refractivity contribution < 1.29 is 4.74 Å². The molecule has 2 aromatic carbocycles. The number of halogens is 1. The number of ether oxygens (including phenoxy) is 1. The van der Waals surface area contributed by atoms with Gasteiger partial charge in [0, 0.05) is 5.02 Å². The van der Waals surface area contributed by atoms with Gasteiger partial charge in [-0.25, -0.2) is 0 Å². The quantitative estimate of drug-likeness (QED) is 0.792. The van der Waals surface area contributed by atoms with E-state index in [1.807, 2.05) is 19.2 Å². The van der Waals surface area contributed by atoms with E-state index in [4.69, 9.17) is 16.3 Å². The molecule has 0 aliphatic carbocycles. The number of nitrogens with one attached hydrogen (secondary N) is 1. The first-order valence-electron chi connectivity index (χ1n) is 8.20. The highest BCUT2D eigenvalue weighted by molar-refractivity contribution is 6.30. The topological polar surface area (TPSA) is 21.3 Å². The number of rotatable bonds is 5. The fraction of sp³-hybridized carbons (Fsp3) is 0.400. The molecule has 0 bridgehead atoms. The summed E-state index contributed by atoms with van der Waals surface area (Å²) in [6, 6.07) is 16.7. The minimum absolute atomic E-state index is 0.296. The van der Waals surface area contributed by atoms with Crippen molar-refractivity contribution in [2.75, 3.05) is 13.6 Å². The van der Waals surface area contributed by atoms with Gasteiger partial charge in [-0.2, -0.15) is 0 Å². The predicted octanol–water partition coefficient (Wildman–Crippen LogP) is 4.85. The lowest BCUT2D eigenvalue weighted by Gasteiger charge is -2.33. The van der Waals surface area contributed by atoms with E-state index in [-0.39, 0.29) is 5.60 Å². The molecule has 3 heteroatoms. The summed E-state index contributed by atoms with van der Waals surface area (Å²) < 4.78 is 6.71. The molecule has 0 saturated carbocycles. The van der Waals surface area contributed by atoms with E-state index in [0.717, 1.165) is 24.4 Å². The van der Waals surface area contributed by atoms with Crippen LogP contribution in [-0.4, -0.2) is 13.6 Å². The molecule has 1 aliphatic heterocycles. The number of benzene rings is 2. The Morgan fingerprint density at radius 1 is 1.00 bits per heavy atom. The van der Waals surface area contributed by atoms with Gasteiger partial charge in [-0.05, 0) is 69.1 Å². The van der Waals surface area contributed by atoms with E-state index in [2.05, 4.69) is 55.6 Å². The van der Waals surface area contributed by atoms with Crippen LogP contribution in [0.1, 0.15) is 43.4 Å². The Morgan fingerprint density at radius 3 is 2.30 bits per heavy atom. The maximum atomic E-state index is 6.71. The molecule has 3 rings (SSSR count). The Hall–Kier alpha value is -1.35. The van der Waals surface area contributed by atoms with Gasteiger partial charge in [0.1, 0.15) is 5.60 Å². The molecule has 1 aliphatic rings. The second-order valence-electron chi connectivity index (χ2n) is 6.70. The van der Waals surface area contributed by atoms with Crippen LogP contribution in [0.5, 0.6) is 0 Å². The first kappa shape index (κ1) is 16.5. The molecule has 0 spiro atoms. The van der Waals surface area contributed by atoms with Crippen LogP contribution in [0, 0.1) is 0 Å². The summed E-state index contributed by atoms with van der Waals surface area (Å²) in [5, 5.41) is 3.99. The van der Waals surface area contributed by atoms with Crippen LogP contribution in [0.25, 0.3) is 0 Å². The second-order valence-corrected chi connectivity index (χ2v) is 7.14. The molecule has 0 aromatic heterocycles. The number of fused-ring (bicyclic) bond motifs is 1. The summed E-state index contributed by atoms with van der Waals surface area (Å²) in [7, 11) is 1.99. The molecule has 1 N–H and O–H groups in total. The van der Waals surface area contributed by atoms with Gasteiger partial charge in [-0.15, -0.1) is 0 Å². The Bertz CT molecular complexity index is 680. The van der Waals surface area contributed by atoms with Gasteiger partial charge in [0.05, 0.1) is 5.60 Å². The van der Waals surface area contributed by atoms with Gasteiger partial charge >= 0.3 is 0 Å². The Balaban J connectivity index is 2.12. The summed E-state index contributed by atoms with van der Waals surface area (Å²) in [6.45, 7) is 5.28. The highest BCUT2D eigenvalue weighted by Crippen LogP contribution is 2.52. The van der Waals surface area contributed by atoms with E-state index >= 15 is 0 Å². The second kappa shape index (κ2) is 6.27. The number of hydrogen-bond acceptors (Lipinski definition) is 2. The molecule has 0 amide bonds. The van der Waals surface area contributed by atoms with E-state index in [1.165, 1.54) is 16.7 Å². The largest absolute Gasteiger partial charge is 0.355 e. The van der Waals surface area contributed by atoms with Crippen molar-refractivity contribution in [3.05, 3.63) is 70.2 Å². The fourth-order valence-corrected chi connectivity index (χ4v) is 3.81. The normalized spacial score (nSPS) is 22.1. The van der Waals surface area contributed by atoms with Crippen LogP contribution in [0.3, 0.4) is 0 Å². The molecule has 1 atom stereocenters. The van der Waals surface area contributed by atoms with E-state index < -0.39 is 5.60 Å². The van der Waals surface area contributed by atoms with Crippen molar-refractivity contribution in [2.24, 2.45) is 0 Å². The third kappa shape index (κ3) is 2.91. The van der Waals surface area contributed by atoms with Crippen LogP contribution < -0.4 is 5.32 Å². The van der Waals surface area contributed by atoms with Crippen LogP contribution in [0.4, 0.5) is 0 Å². The van der Waals surface area contributed by atoms with Gasteiger partial charge in [0.15, 0.2) is 0 Å². The highest BCUT2D eigenvalue weighted by Gasteiger charge is 2.49. The molecule has 23 heavy (non-hydrogen) atoms. The molecule has 0 saturated heterocycles. The summed E-state index contributed by atoms with van der Waals surface area (Å²) >= 11 is 6.10. The van der Waals surface area contributed by atoms with Crippen molar-refractivity contribution in [3.63, 3.8) is 0 Å². The average Bonchev–Trinajstić information content (AvgIpc) is 2.77. The zero-order valence-electron chi connectivity index (χ0n) is 14.0. The maximum absolute atomic E-state index is 6.71. The monoisotopic (exact) mass is 329 g/mol. The van der Waals surface area contributed by atoms with Crippen LogP contribution in [-0.2, 0) is 15.9 Å². The Labute approximate surface area is 143 Å². The molecule has 0 fully saturated rings. The van der Waals surface area contributed by atoms with Crippen molar-refractivity contribution in [1.82, 2.24) is 5.32 Å². The lowest BCUT2D eigenvalue weighted by atomic mass is 9.81. The zero-order chi connectivity index (χ0) is 16.5. The molecular formula is C20H24ClNO. The van der Waals surface area contributed by atoms with Crippen molar-refractivity contribution in [3.8, 4) is 0 Å². The Kier molecular flexibility index (Phi) is 4.50. The van der Waals surface area contributed by atoms with Gasteiger partial charge in [-0.3, -0.25) is 0 Å². The van der Waals surface area contributed by atoms with Gasteiger partial charge in [-0.1, -0.05) is 48.0 Å². The summed E-state index contributed by atoms with van der Waals surface area (Å²) in [6.07, 6.45) is 1.99. The molecule has 1 unspecified atom stereocenters. The molecular weight excluding hydrogens is 306 g/mol. The van der Waals surface area contributed by atoms with E-state index in [1.54, 1.807) is 0 Å². The van der Waals surface area contributed by atoms with Gasteiger partial charge in [0.25, 0.3) is 0 Å². The van der Waals surface area contributed by atoms with Crippen LogP contribution in [0.15, 0.2) is 48.5 Å². The van der Waals surface area contributed by atoms with Crippen molar-refractivity contribution in [1.29, 1.82) is 0 Å². The van der Waals surface area contributed by atoms with Crippen molar-refractivity contribution in [2.45, 2.75) is 37.9 Å². The van der Waals surface area contributed by atoms with Crippen LogP contribution >= 0.6 is 11.6 Å².